The fourth-order valence-electron chi connectivity index (χ4n) is 1.91. The molecule has 7 heteroatoms. The molecule has 0 bridgehead atoms. The van der Waals surface area contributed by atoms with Crippen molar-refractivity contribution >= 4 is 28.4 Å². The van der Waals surface area contributed by atoms with Gasteiger partial charge in [0.2, 0.25) is 4.96 Å². The van der Waals surface area contributed by atoms with Crippen LogP contribution >= 0.6 is 11.3 Å². The largest absolute Gasteiger partial charge is 0.465 e. The third-order valence-electron chi connectivity index (χ3n) is 2.86. The number of aromatic nitrogens is 5. The van der Waals surface area contributed by atoms with Crippen molar-refractivity contribution in [1.29, 1.82) is 0 Å². The fourth-order valence-corrected chi connectivity index (χ4v) is 2.65. The number of furan rings is 1. The van der Waals surface area contributed by atoms with Crippen molar-refractivity contribution in [3.8, 4) is 11.4 Å². The zero-order valence-electron chi connectivity index (χ0n) is 10.7. The Morgan fingerprint density at radius 3 is 2.95 bits per heavy atom. The quantitative estimate of drug-likeness (QED) is 0.581. The van der Waals surface area contributed by atoms with Gasteiger partial charge < -0.3 is 4.42 Å². The predicted octanol–water partition coefficient (Wildman–Crippen LogP) is 3.01. The van der Waals surface area contributed by atoms with Crippen LogP contribution in [0.25, 0.3) is 28.5 Å². The van der Waals surface area contributed by atoms with Crippen molar-refractivity contribution in [3.63, 3.8) is 0 Å². The zero-order chi connectivity index (χ0) is 14.1. The molecule has 0 spiro atoms. The number of rotatable bonds is 3. The maximum Gasteiger partial charge on any atom is 0.235 e. The first kappa shape index (κ1) is 12.0. The molecule has 4 aromatic rings. The van der Waals surface area contributed by atoms with E-state index < -0.39 is 0 Å². The standard InChI is InChI=1S/C14H9N5OS/c1-3-10(9-15-7-1)13-16-17-14-19(13)18-12(21-14)6-5-11-4-2-8-20-11/h1-9H. The van der Waals surface area contributed by atoms with Gasteiger partial charge in [0.25, 0.3) is 0 Å². The number of nitrogens with zero attached hydrogens (tertiary/aromatic N) is 5. The van der Waals surface area contributed by atoms with E-state index in [0.717, 1.165) is 21.3 Å². The monoisotopic (exact) mass is 295 g/mol. The third kappa shape index (κ3) is 2.23. The van der Waals surface area contributed by atoms with Crippen molar-refractivity contribution in [3.05, 3.63) is 53.7 Å². The van der Waals surface area contributed by atoms with Crippen LogP contribution in [0.2, 0.25) is 0 Å². The lowest BCUT2D eigenvalue weighted by Gasteiger charge is -1.94. The molecule has 4 aromatic heterocycles. The normalized spacial score (nSPS) is 11.6. The highest BCUT2D eigenvalue weighted by atomic mass is 32.1. The molecule has 0 saturated carbocycles. The van der Waals surface area contributed by atoms with Crippen LogP contribution in [-0.2, 0) is 0 Å². The van der Waals surface area contributed by atoms with Crippen molar-refractivity contribution in [2.45, 2.75) is 0 Å². The molecule has 21 heavy (non-hydrogen) atoms. The minimum Gasteiger partial charge on any atom is -0.465 e. The number of fused-ring (bicyclic) bond motifs is 1. The molecular weight excluding hydrogens is 286 g/mol. The van der Waals surface area contributed by atoms with Gasteiger partial charge in [0.1, 0.15) is 10.8 Å². The summed E-state index contributed by atoms with van der Waals surface area (Å²) in [5.74, 6) is 1.47. The summed E-state index contributed by atoms with van der Waals surface area (Å²) in [4.78, 5) is 4.84. The molecule has 0 atom stereocenters. The molecule has 0 aliphatic carbocycles. The van der Waals surface area contributed by atoms with Crippen molar-refractivity contribution in [2.75, 3.05) is 0 Å². The van der Waals surface area contributed by atoms with Gasteiger partial charge in [-0.2, -0.15) is 9.61 Å². The molecule has 0 fully saturated rings. The maximum atomic E-state index is 5.25. The van der Waals surface area contributed by atoms with Crippen molar-refractivity contribution in [2.24, 2.45) is 0 Å². The molecule has 0 aliphatic rings. The number of hydrogen-bond acceptors (Lipinski definition) is 6. The van der Waals surface area contributed by atoms with Gasteiger partial charge in [-0.25, -0.2) is 0 Å². The van der Waals surface area contributed by atoms with Crippen LogP contribution in [0.15, 0.2) is 47.3 Å². The summed E-state index contributed by atoms with van der Waals surface area (Å²) in [7, 11) is 0. The summed E-state index contributed by atoms with van der Waals surface area (Å²) in [6.07, 6.45) is 8.87. The van der Waals surface area contributed by atoms with E-state index >= 15 is 0 Å². The summed E-state index contributed by atoms with van der Waals surface area (Å²) in [5, 5.41) is 13.6. The van der Waals surface area contributed by atoms with Gasteiger partial charge in [0.15, 0.2) is 5.82 Å². The van der Waals surface area contributed by atoms with Crippen LogP contribution in [-0.4, -0.2) is 24.8 Å². The smallest absolute Gasteiger partial charge is 0.235 e. The van der Waals surface area contributed by atoms with Crippen LogP contribution in [0.4, 0.5) is 0 Å². The Bertz CT molecular complexity index is 892. The molecule has 0 N–H and O–H groups in total. The molecule has 6 nitrogen and oxygen atoms in total. The summed E-state index contributed by atoms with van der Waals surface area (Å²) in [6, 6.07) is 7.53. The highest BCUT2D eigenvalue weighted by Crippen LogP contribution is 2.21. The first-order chi connectivity index (χ1) is 10.4. The van der Waals surface area contributed by atoms with Crippen LogP contribution in [0.1, 0.15) is 10.8 Å². The number of pyridine rings is 1. The Balaban J connectivity index is 1.73. The minimum atomic E-state index is 0.687. The van der Waals surface area contributed by atoms with Gasteiger partial charge >= 0.3 is 0 Å². The molecule has 4 rings (SSSR count). The Hall–Kier alpha value is -2.80. The topological polar surface area (TPSA) is 69.1 Å². The van der Waals surface area contributed by atoms with Gasteiger partial charge in [-0.05, 0) is 36.4 Å². The maximum absolute atomic E-state index is 5.25. The second-order valence-electron chi connectivity index (χ2n) is 4.25. The van der Waals surface area contributed by atoms with Gasteiger partial charge in [0, 0.05) is 18.0 Å². The molecule has 0 aromatic carbocycles. The van der Waals surface area contributed by atoms with Crippen LogP contribution < -0.4 is 0 Å². The molecular formula is C14H9N5OS. The first-order valence-electron chi connectivity index (χ1n) is 6.24. The molecule has 0 amide bonds. The van der Waals surface area contributed by atoms with Gasteiger partial charge in [0.05, 0.1) is 6.26 Å². The average molecular weight is 295 g/mol. The SMILES string of the molecule is C(=Cc1nn2c(-c3cccnc3)nnc2s1)c1ccco1. The van der Waals surface area contributed by atoms with E-state index in [-0.39, 0.29) is 0 Å². The van der Waals surface area contributed by atoms with E-state index in [1.54, 1.807) is 23.2 Å². The van der Waals surface area contributed by atoms with Crippen LogP contribution in [0.3, 0.4) is 0 Å². The van der Waals surface area contributed by atoms with Gasteiger partial charge in [-0.1, -0.05) is 11.3 Å². The second-order valence-corrected chi connectivity index (χ2v) is 5.24. The molecule has 0 aliphatic heterocycles. The Morgan fingerprint density at radius 2 is 2.14 bits per heavy atom. The number of hydrogen-bond donors (Lipinski definition) is 0. The lowest BCUT2D eigenvalue weighted by molar-refractivity contribution is 0.557. The molecule has 102 valence electrons. The molecule has 0 radical (unpaired) electrons. The Kier molecular flexibility index (Phi) is 2.82. The Labute approximate surface area is 123 Å². The van der Waals surface area contributed by atoms with E-state index in [9.17, 15) is 0 Å². The van der Waals surface area contributed by atoms with Gasteiger partial charge in [-0.3, -0.25) is 4.98 Å². The van der Waals surface area contributed by atoms with E-state index in [2.05, 4.69) is 20.3 Å². The average Bonchev–Trinajstić information content (AvgIpc) is 3.22. The van der Waals surface area contributed by atoms with Crippen LogP contribution in [0, 0.1) is 0 Å². The summed E-state index contributed by atoms with van der Waals surface area (Å²) >= 11 is 1.46. The lowest BCUT2D eigenvalue weighted by atomic mass is 10.3. The highest BCUT2D eigenvalue weighted by molar-refractivity contribution is 7.17. The van der Waals surface area contributed by atoms with E-state index in [1.165, 1.54) is 11.3 Å². The summed E-state index contributed by atoms with van der Waals surface area (Å²) < 4.78 is 6.98. The molecule has 0 unspecified atom stereocenters. The van der Waals surface area contributed by atoms with E-state index in [1.807, 2.05) is 36.4 Å². The summed E-state index contributed by atoms with van der Waals surface area (Å²) in [5.41, 5.74) is 0.886. The van der Waals surface area contributed by atoms with Gasteiger partial charge in [-0.15, -0.1) is 10.2 Å². The highest BCUT2D eigenvalue weighted by Gasteiger charge is 2.12. The summed E-state index contributed by atoms with van der Waals surface area (Å²) in [6.45, 7) is 0. The van der Waals surface area contributed by atoms with E-state index in [0.29, 0.717) is 5.82 Å². The van der Waals surface area contributed by atoms with Crippen LogP contribution in [0.5, 0.6) is 0 Å². The molecule has 0 saturated heterocycles. The van der Waals surface area contributed by atoms with Crippen molar-refractivity contribution in [1.82, 2.24) is 24.8 Å². The minimum absolute atomic E-state index is 0.687. The lowest BCUT2D eigenvalue weighted by Crippen LogP contribution is -1.90. The fraction of sp³-hybridized carbons (Fsp3) is 0. The third-order valence-corrected chi connectivity index (χ3v) is 3.72. The molecule has 4 heterocycles. The predicted molar refractivity (Wildman–Crippen MR) is 79.5 cm³/mol. The Morgan fingerprint density at radius 1 is 1.14 bits per heavy atom. The zero-order valence-corrected chi connectivity index (χ0v) is 11.6. The second kappa shape index (κ2) is 4.95. The first-order valence-corrected chi connectivity index (χ1v) is 7.06. The van der Waals surface area contributed by atoms with E-state index in [4.69, 9.17) is 4.42 Å². The van der Waals surface area contributed by atoms with Crippen molar-refractivity contribution < 1.29 is 4.42 Å².